The smallest absolute Gasteiger partial charge is 0.330 e. The van der Waals surface area contributed by atoms with Crippen molar-refractivity contribution in [3.8, 4) is 0 Å². The molecule has 0 aliphatic heterocycles. The summed E-state index contributed by atoms with van der Waals surface area (Å²) in [5.41, 5.74) is 8.56. The van der Waals surface area contributed by atoms with E-state index in [0.29, 0.717) is 0 Å². The third-order valence-corrected chi connectivity index (χ3v) is 2.33. The van der Waals surface area contributed by atoms with E-state index < -0.39 is 11.4 Å². The van der Waals surface area contributed by atoms with Crippen molar-refractivity contribution in [3.05, 3.63) is 0 Å². The summed E-state index contributed by atoms with van der Waals surface area (Å²) in [6, 6.07) is -0.770. The van der Waals surface area contributed by atoms with Gasteiger partial charge in [-0.2, -0.15) is 0 Å². The zero-order valence-corrected chi connectivity index (χ0v) is 8.47. The van der Waals surface area contributed by atoms with E-state index in [4.69, 9.17) is 5.73 Å². The summed E-state index contributed by atoms with van der Waals surface area (Å²) in [6.07, 6.45) is 0. The Kier molecular flexibility index (Phi) is 3.71. The fraction of sp³-hybridized carbons (Fsp3) is 0.750. The van der Waals surface area contributed by atoms with Gasteiger partial charge in [0.2, 0.25) is 5.91 Å². The predicted molar refractivity (Wildman–Crippen MR) is 49.5 cm³/mol. The lowest BCUT2D eigenvalue weighted by molar-refractivity contribution is -0.132. The summed E-state index contributed by atoms with van der Waals surface area (Å²) in [6.45, 7) is 7.47. The summed E-state index contributed by atoms with van der Waals surface area (Å²) < 4.78 is 0. The number of carbonyl (C=O) groups is 2. The first kappa shape index (κ1) is 11.7. The highest BCUT2D eigenvalue weighted by Crippen LogP contribution is 2.25. The van der Waals surface area contributed by atoms with Crippen molar-refractivity contribution in [2.75, 3.05) is 0 Å². The number of hydrazine groups is 1. The summed E-state index contributed by atoms with van der Waals surface area (Å²) >= 11 is 0. The summed E-state index contributed by atoms with van der Waals surface area (Å²) in [7, 11) is 0. The normalized spacial score (nSPS) is 11.2. The molecule has 0 fully saturated rings. The summed E-state index contributed by atoms with van der Waals surface area (Å²) in [4.78, 5) is 21.7. The van der Waals surface area contributed by atoms with Gasteiger partial charge in [0.25, 0.3) is 0 Å². The maximum atomic E-state index is 11.4. The number of nitrogens with two attached hydrogens (primary N) is 1. The third kappa shape index (κ3) is 3.31. The first-order chi connectivity index (χ1) is 5.78. The number of carbonyl (C=O) groups excluding carboxylic acids is 2. The lowest BCUT2D eigenvalue weighted by Crippen LogP contribution is -2.50. The maximum absolute atomic E-state index is 11.4. The van der Waals surface area contributed by atoms with Gasteiger partial charge in [-0.3, -0.25) is 10.2 Å². The Balaban J connectivity index is 4.18. The lowest BCUT2D eigenvalue weighted by Gasteiger charge is -2.27. The molecule has 5 nitrogen and oxygen atoms in total. The molecule has 0 aliphatic carbocycles. The SMILES string of the molecule is CC(C)C(C)(C)C(=O)NNC(N)=O. The minimum Gasteiger partial charge on any atom is -0.350 e. The Morgan fingerprint density at radius 2 is 1.69 bits per heavy atom. The largest absolute Gasteiger partial charge is 0.350 e. The Morgan fingerprint density at radius 3 is 2.00 bits per heavy atom. The van der Waals surface area contributed by atoms with Crippen LogP contribution in [0.3, 0.4) is 0 Å². The summed E-state index contributed by atoms with van der Waals surface area (Å²) in [5.74, 6) is -0.0662. The highest BCUT2D eigenvalue weighted by atomic mass is 16.2. The van der Waals surface area contributed by atoms with Crippen LogP contribution in [0.1, 0.15) is 27.7 Å². The van der Waals surface area contributed by atoms with Gasteiger partial charge in [0.15, 0.2) is 0 Å². The van der Waals surface area contributed by atoms with Crippen molar-refractivity contribution in [2.45, 2.75) is 27.7 Å². The monoisotopic (exact) mass is 187 g/mol. The second kappa shape index (κ2) is 4.11. The highest BCUT2D eigenvalue weighted by molar-refractivity contribution is 5.84. The lowest BCUT2D eigenvalue weighted by atomic mass is 9.80. The van der Waals surface area contributed by atoms with Crippen molar-refractivity contribution in [2.24, 2.45) is 17.1 Å². The van der Waals surface area contributed by atoms with Crippen molar-refractivity contribution >= 4 is 11.9 Å². The van der Waals surface area contributed by atoms with Crippen molar-refractivity contribution in [3.63, 3.8) is 0 Å². The number of urea groups is 1. The number of primary amides is 1. The van der Waals surface area contributed by atoms with E-state index in [2.05, 4.69) is 5.43 Å². The number of amides is 3. The van der Waals surface area contributed by atoms with Gasteiger partial charge in [-0.25, -0.2) is 10.2 Å². The molecule has 76 valence electrons. The van der Waals surface area contributed by atoms with Gasteiger partial charge >= 0.3 is 6.03 Å². The molecule has 4 N–H and O–H groups in total. The van der Waals surface area contributed by atoms with E-state index in [0.717, 1.165) is 0 Å². The number of hydrogen-bond donors (Lipinski definition) is 3. The van der Waals surface area contributed by atoms with Crippen LogP contribution in [0, 0.1) is 11.3 Å². The van der Waals surface area contributed by atoms with Crippen LogP contribution in [0.15, 0.2) is 0 Å². The van der Waals surface area contributed by atoms with Gasteiger partial charge in [0, 0.05) is 5.41 Å². The molecular weight excluding hydrogens is 170 g/mol. The standard InChI is InChI=1S/C8H17N3O2/c1-5(2)8(3,4)6(12)10-11-7(9)13/h5H,1-4H3,(H,10,12)(H3,9,11,13). The molecule has 0 rings (SSSR count). The molecule has 0 radical (unpaired) electrons. The number of hydrogen-bond acceptors (Lipinski definition) is 2. The van der Waals surface area contributed by atoms with Gasteiger partial charge in [0.1, 0.15) is 0 Å². The minimum absolute atomic E-state index is 0.183. The Labute approximate surface area is 78.0 Å². The van der Waals surface area contributed by atoms with E-state index in [1.165, 1.54) is 0 Å². The molecule has 0 heterocycles. The molecule has 3 amide bonds. The van der Waals surface area contributed by atoms with Crippen LogP contribution in [0.4, 0.5) is 4.79 Å². The van der Waals surface area contributed by atoms with E-state index in [-0.39, 0.29) is 11.8 Å². The molecule has 0 saturated heterocycles. The molecule has 0 aromatic carbocycles. The molecule has 0 aliphatic rings. The molecular formula is C8H17N3O2. The van der Waals surface area contributed by atoms with Crippen LogP contribution in [-0.2, 0) is 4.79 Å². The molecule has 0 unspecified atom stereocenters. The topological polar surface area (TPSA) is 84.2 Å². The maximum Gasteiger partial charge on any atom is 0.330 e. The van der Waals surface area contributed by atoms with Crippen molar-refractivity contribution < 1.29 is 9.59 Å². The second-order valence-electron chi connectivity index (χ2n) is 3.82. The number of rotatable bonds is 2. The Hall–Kier alpha value is -1.26. The zero-order chi connectivity index (χ0) is 10.6. The van der Waals surface area contributed by atoms with Gasteiger partial charge in [-0.05, 0) is 5.92 Å². The predicted octanol–water partition coefficient (Wildman–Crippen LogP) is 0.368. The summed E-state index contributed by atoms with van der Waals surface area (Å²) in [5, 5.41) is 0. The van der Waals surface area contributed by atoms with Gasteiger partial charge in [-0.1, -0.05) is 27.7 Å². The van der Waals surface area contributed by atoms with Gasteiger partial charge < -0.3 is 5.73 Å². The molecule has 0 aromatic heterocycles. The van der Waals surface area contributed by atoms with Crippen molar-refractivity contribution in [1.82, 2.24) is 10.9 Å². The first-order valence-electron chi connectivity index (χ1n) is 4.14. The van der Waals surface area contributed by atoms with E-state index in [1.807, 2.05) is 19.3 Å². The van der Waals surface area contributed by atoms with Crippen LogP contribution in [0.5, 0.6) is 0 Å². The van der Waals surface area contributed by atoms with Crippen LogP contribution in [-0.4, -0.2) is 11.9 Å². The molecule has 5 heteroatoms. The van der Waals surface area contributed by atoms with Crippen LogP contribution in [0.25, 0.3) is 0 Å². The second-order valence-corrected chi connectivity index (χ2v) is 3.82. The van der Waals surface area contributed by atoms with Crippen molar-refractivity contribution in [1.29, 1.82) is 0 Å². The molecule has 0 aromatic rings. The molecule has 0 atom stereocenters. The Bertz CT molecular complexity index is 211. The number of nitrogens with one attached hydrogen (secondary N) is 2. The van der Waals surface area contributed by atoms with Gasteiger partial charge in [0.05, 0.1) is 0 Å². The molecule has 0 saturated carbocycles. The quantitative estimate of drug-likeness (QED) is 0.545. The third-order valence-electron chi connectivity index (χ3n) is 2.33. The highest BCUT2D eigenvalue weighted by Gasteiger charge is 2.31. The zero-order valence-electron chi connectivity index (χ0n) is 8.47. The van der Waals surface area contributed by atoms with Gasteiger partial charge in [-0.15, -0.1) is 0 Å². The van der Waals surface area contributed by atoms with Crippen LogP contribution in [0.2, 0.25) is 0 Å². The average Bonchev–Trinajstić information content (AvgIpc) is 1.99. The van der Waals surface area contributed by atoms with E-state index in [9.17, 15) is 9.59 Å². The fourth-order valence-corrected chi connectivity index (χ4v) is 0.542. The fourth-order valence-electron chi connectivity index (χ4n) is 0.542. The van der Waals surface area contributed by atoms with Crippen LogP contribution >= 0.6 is 0 Å². The molecule has 0 spiro atoms. The Morgan fingerprint density at radius 1 is 1.23 bits per heavy atom. The molecule has 0 bridgehead atoms. The minimum atomic E-state index is -0.770. The van der Waals surface area contributed by atoms with E-state index in [1.54, 1.807) is 13.8 Å². The van der Waals surface area contributed by atoms with E-state index >= 15 is 0 Å². The van der Waals surface area contributed by atoms with Crippen LogP contribution < -0.4 is 16.6 Å². The first-order valence-corrected chi connectivity index (χ1v) is 4.14. The molecule has 13 heavy (non-hydrogen) atoms. The average molecular weight is 187 g/mol.